The first-order valence-electron chi connectivity index (χ1n) is 6.40. The van der Waals surface area contributed by atoms with Crippen LogP contribution in [0.5, 0.6) is 0 Å². The zero-order valence-electron chi connectivity index (χ0n) is 12.3. The maximum atomic E-state index is 12.0. The summed E-state index contributed by atoms with van der Waals surface area (Å²) in [6.45, 7) is 0.710. The lowest BCUT2D eigenvalue weighted by atomic mass is 10.2. The highest BCUT2D eigenvalue weighted by atomic mass is 19.1. The minimum absolute atomic E-state index is 0.0587. The van der Waals surface area contributed by atoms with Crippen molar-refractivity contribution in [2.75, 3.05) is 20.1 Å². The standard InChI is InChI=1S/C13H18FN3O5/c1-9(13(22)15-8-10(14)19)16-11(20)5-6-17(2)12(21)4-3-7-18/h3-4,7,9H,5-6,8H2,1-2H3,(H,15,22)(H,16,20)/b4-3-. The summed E-state index contributed by atoms with van der Waals surface area (Å²) >= 11 is 0. The number of nitrogens with zero attached hydrogens (tertiary/aromatic N) is 1. The van der Waals surface area contributed by atoms with Gasteiger partial charge in [-0.05, 0) is 13.0 Å². The monoisotopic (exact) mass is 315 g/mol. The molecule has 22 heavy (non-hydrogen) atoms. The molecule has 1 unspecified atom stereocenters. The summed E-state index contributed by atoms with van der Waals surface area (Å²) in [6, 6.07) is -2.63. The number of likely N-dealkylation sites (N-methyl/N-ethyl adjacent to an activating group) is 1. The van der Waals surface area contributed by atoms with Gasteiger partial charge in [0, 0.05) is 26.1 Å². The third kappa shape index (κ3) is 8.56. The number of carbonyl (C=O) groups excluding carboxylic acids is 5. The minimum atomic E-state index is -1.68. The third-order valence-corrected chi connectivity index (χ3v) is 2.54. The van der Waals surface area contributed by atoms with E-state index in [1.54, 1.807) is 0 Å². The Morgan fingerprint density at radius 3 is 2.45 bits per heavy atom. The van der Waals surface area contributed by atoms with E-state index in [2.05, 4.69) is 5.32 Å². The van der Waals surface area contributed by atoms with Crippen molar-refractivity contribution in [3.63, 3.8) is 0 Å². The number of nitrogens with one attached hydrogen (secondary N) is 2. The molecule has 0 aliphatic rings. The van der Waals surface area contributed by atoms with E-state index < -0.39 is 36.3 Å². The fraction of sp³-hybridized carbons (Fsp3) is 0.462. The zero-order chi connectivity index (χ0) is 17.1. The van der Waals surface area contributed by atoms with E-state index >= 15 is 0 Å². The molecule has 0 aromatic carbocycles. The molecule has 0 aliphatic heterocycles. The van der Waals surface area contributed by atoms with Gasteiger partial charge < -0.3 is 15.5 Å². The SMILES string of the molecule is CC(NC(=O)CCN(C)C(=O)/C=C\C=O)C(=O)NCC(=O)F. The van der Waals surface area contributed by atoms with Gasteiger partial charge in [-0.25, -0.2) is 0 Å². The highest BCUT2D eigenvalue weighted by molar-refractivity contribution is 5.91. The molecule has 122 valence electrons. The second-order valence-electron chi connectivity index (χ2n) is 4.37. The van der Waals surface area contributed by atoms with E-state index in [9.17, 15) is 28.4 Å². The average Bonchev–Trinajstić information content (AvgIpc) is 2.47. The van der Waals surface area contributed by atoms with E-state index in [0.29, 0.717) is 6.29 Å². The molecule has 0 aromatic rings. The Balaban J connectivity index is 4.14. The van der Waals surface area contributed by atoms with Crippen molar-refractivity contribution >= 4 is 30.0 Å². The number of allylic oxidation sites excluding steroid dienone is 1. The van der Waals surface area contributed by atoms with Crippen molar-refractivity contribution in [1.82, 2.24) is 15.5 Å². The second-order valence-corrected chi connectivity index (χ2v) is 4.37. The predicted molar refractivity (Wildman–Crippen MR) is 74.2 cm³/mol. The van der Waals surface area contributed by atoms with Crippen molar-refractivity contribution < 1.29 is 28.4 Å². The van der Waals surface area contributed by atoms with Crippen LogP contribution in [0.2, 0.25) is 0 Å². The normalized spacial score (nSPS) is 11.6. The fourth-order valence-corrected chi connectivity index (χ4v) is 1.32. The van der Waals surface area contributed by atoms with E-state index in [-0.39, 0.29) is 13.0 Å². The summed E-state index contributed by atoms with van der Waals surface area (Å²) in [5.74, 6) is -1.63. The average molecular weight is 315 g/mol. The van der Waals surface area contributed by atoms with E-state index in [0.717, 1.165) is 12.2 Å². The maximum absolute atomic E-state index is 12.0. The molecular formula is C13H18FN3O5. The van der Waals surface area contributed by atoms with Gasteiger partial charge in [0.05, 0.1) is 0 Å². The molecule has 8 nitrogen and oxygen atoms in total. The van der Waals surface area contributed by atoms with Crippen LogP contribution in [0, 0.1) is 0 Å². The highest BCUT2D eigenvalue weighted by Crippen LogP contribution is 1.92. The Kier molecular flexibility index (Phi) is 9.00. The molecule has 9 heteroatoms. The molecule has 0 aromatic heterocycles. The van der Waals surface area contributed by atoms with Gasteiger partial charge in [0.25, 0.3) is 0 Å². The maximum Gasteiger partial charge on any atom is 0.320 e. The number of carbonyl (C=O) groups is 5. The Labute approximate surface area is 126 Å². The zero-order valence-corrected chi connectivity index (χ0v) is 12.3. The van der Waals surface area contributed by atoms with Crippen LogP contribution in [0.15, 0.2) is 12.2 Å². The lowest BCUT2D eigenvalue weighted by Gasteiger charge is -2.16. The molecule has 0 saturated carbocycles. The van der Waals surface area contributed by atoms with Crippen LogP contribution >= 0.6 is 0 Å². The van der Waals surface area contributed by atoms with Gasteiger partial charge in [-0.15, -0.1) is 0 Å². The smallest absolute Gasteiger partial charge is 0.320 e. The third-order valence-electron chi connectivity index (χ3n) is 2.54. The van der Waals surface area contributed by atoms with Crippen LogP contribution in [-0.4, -0.2) is 61.1 Å². The molecule has 0 heterocycles. The predicted octanol–water partition coefficient (Wildman–Crippen LogP) is -1.29. The summed E-state index contributed by atoms with van der Waals surface area (Å²) in [5, 5.41) is 4.35. The van der Waals surface area contributed by atoms with E-state index in [1.807, 2.05) is 5.32 Å². The van der Waals surface area contributed by atoms with E-state index in [4.69, 9.17) is 0 Å². The van der Waals surface area contributed by atoms with Crippen molar-refractivity contribution in [1.29, 1.82) is 0 Å². The molecule has 2 N–H and O–H groups in total. The van der Waals surface area contributed by atoms with Gasteiger partial charge in [-0.1, -0.05) is 0 Å². The lowest BCUT2D eigenvalue weighted by Crippen LogP contribution is -2.46. The summed E-state index contributed by atoms with van der Waals surface area (Å²) < 4.78 is 12.0. The number of hydrogen-bond acceptors (Lipinski definition) is 5. The Hall–Kier alpha value is -2.58. The Bertz CT molecular complexity index is 478. The van der Waals surface area contributed by atoms with Crippen molar-refractivity contribution in [2.45, 2.75) is 19.4 Å². The molecule has 0 rings (SSSR count). The molecule has 1 atom stereocenters. The van der Waals surface area contributed by atoms with Gasteiger partial charge in [-0.3, -0.25) is 24.0 Å². The van der Waals surface area contributed by atoms with Crippen LogP contribution in [0.3, 0.4) is 0 Å². The Morgan fingerprint density at radius 2 is 1.91 bits per heavy atom. The first-order valence-corrected chi connectivity index (χ1v) is 6.40. The molecule has 0 bridgehead atoms. The molecule has 0 fully saturated rings. The second kappa shape index (κ2) is 10.2. The van der Waals surface area contributed by atoms with Gasteiger partial charge in [0.15, 0.2) is 0 Å². The molecule has 0 spiro atoms. The molecule has 0 aliphatic carbocycles. The molecule has 3 amide bonds. The first kappa shape index (κ1) is 19.4. The number of hydrogen-bond donors (Lipinski definition) is 2. The molecular weight excluding hydrogens is 297 g/mol. The first-order chi connectivity index (χ1) is 10.3. The molecule has 0 radical (unpaired) electrons. The van der Waals surface area contributed by atoms with E-state index in [1.165, 1.54) is 18.9 Å². The van der Waals surface area contributed by atoms with Gasteiger partial charge in [0.2, 0.25) is 17.7 Å². The summed E-state index contributed by atoms with van der Waals surface area (Å²) in [7, 11) is 1.45. The van der Waals surface area contributed by atoms with Gasteiger partial charge >= 0.3 is 6.04 Å². The number of amides is 3. The summed E-state index contributed by atoms with van der Waals surface area (Å²) in [6.07, 6.45) is 2.50. The number of halogens is 1. The largest absolute Gasteiger partial charge is 0.345 e. The van der Waals surface area contributed by atoms with Crippen LogP contribution in [0.25, 0.3) is 0 Å². The van der Waals surface area contributed by atoms with Gasteiger partial charge in [0.1, 0.15) is 18.9 Å². The van der Waals surface area contributed by atoms with Crippen LogP contribution in [0.1, 0.15) is 13.3 Å². The number of aldehydes is 1. The topological polar surface area (TPSA) is 113 Å². The van der Waals surface area contributed by atoms with Crippen molar-refractivity contribution in [3.05, 3.63) is 12.2 Å². The van der Waals surface area contributed by atoms with Crippen molar-refractivity contribution in [3.8, 4) is 0 Å². The lowest BCUT2D eigenvalue weighted by molar-refractivity contribution is -0.132. The summed E-state index contributed by atoms with van der Waals surface area (Å²) in [5.41, 5.74) is 0. The number of rotatable bonds is 9. The van der Waals surface area contributed by atoms with Crippen molar-refractivity contribution in [2.24, 2.45) is 0 Å². The van der Waals surface area contributed by atoms with Crippen LogP contribution < -0.4 is 10.6 Å². The quantitative estimate of drug-likeness (QED) is 0.312. The van der Waals surface area contributed by atoms with Crippen LogP contribution in [0.4, 0.5) is 4.39 Å². The fourth-order valence-electron chi connectivity index (χ4n) is 1.32. The highest BCUT2D eigenvalue weighted by Gasteiger charge is 2.16. The molecule has 0 saturated heterocycles. The summed E-state index contributed by atoms with van der Waals surface area (Å²) in [4.78, 5) is 55.8. The van der Waals surface area contributed by atoms with Crippen LogP contribution in [-0.2, 0) is 24.0 Å². The minimum Gasteiger partial charge on any atom is -0.345 e. The van der Waals surface area contributed by atoms with Gasteiger partial charge in [-0.2, -0.15) is 4.39 Å². The Morgan fingerprint density at radius 1 is 1.27 bits per heavy atom.